The molecule has 0 aliphatic heterocycles. The van der Waals surface area contributed by atoms with Crippen LogP contribution in [0.1, 0.15) is 44.3 Å². The fourth-order valence-corrected chi connectivity index (χ4v) is 4.22. The molecule has 7 nitrogen and oxygen atoms in total. The molecule has 1 aliphatic rings. The second kappa shape index (κ2) is 9.00. The summed E-state index contributed by atoms with van der Waals surface area (Å²) in [6.45, 7) is 4.48. The van der Waals surface area contributed by atoms with Crippen molar-refractivity contribution in [2.24, 2.45) is 4.99 Å². The van der Waals surface area contributed by atoms with Gasteiger partial charge < -0.3 is 15.2 Å². The van der Waals surface area contributed by atoms with Crippen LogP contribution in [0.15, 0.2) is 9.52 Å². The first-order valence-corrected chi connectivity index (χ1v) is 9.64. The predicted octanol–water partition coefficient (Wildman–Crippen LogP) is 1.17. The van der Waals surface area contributed by atoms with Crippen molar-refractivity contribution in [2.75, 3.05) is 19.3 Å². The lowest BCUT2D eigenvalue weighted by molar-refractivity contribution is 0.374. The first-order chi connectivity index (χ1) is 11.1. The van der Waals surface area contributed by atoms with Gasteiger partial charge in [-0.25, -0.2) is 0 Å². The molecule has 1 aromatic heterocycles. The molecule has 0 bridgehead atoms. The van der Waals surface area contributed by atoms with Gasteiger partial charge in [0.05, 0.1) is 0 Å². The third-order valence-corrected chi connectivity index (χ3v) is 5.79. The molecule has 1 saturated carbocycles. The minimum atomic E-state index is -0.707. The largest absolute Gasteiger partial charge is 0.356 e. The smallest absolute Gasteiger partial charge is 0.228 e. The topological polar surface area (TPSA) is 92.4 Å². The average molecular weight is 341 g/mol. The third-order valence-electron chi connectivity index (χ3n) is 4.05. The highest BCUT2D eigenvalue weighted by Gasteiger charge is 2.25. The van der Waals surface area contributed by atoms with E-state index < -0.39 is 10.8 Å². The lowest BCUT2D eigenvalue weighted by Gasteiger charge is -2.30. The average Bonchev–Trinajstić information content (AvgIpc) is 2.98. The van der Waals surface area contributed by atoms with E-state index in [9.17, 15) is 4.21 Å². The minimum Gasteiger partial charge on any atom is -0.356 e. The number of aromatic nitrogens is 2. The van der Waals surface area contributed by atoms with Crippen molar-refractivity contribution in [1.29, 1.82) is 0 Å². The molecule has 2 N–H and O–H groups in total. The maximum Gasteiger partial charge on any atom is 0.228 e. The van der Waals surface area contributed by atoms with E-state index in [0.717, 1.165) is 37.4 Å². The Morgan fingerprint density at radius 3 is 2.96 bits per heavy atom. The number of hydrogen-bond acceptors (Lipinski definition) is 5. The Labute approximate surface area is 140 Å². The van der Waals surface area contributed by atoms with E-state index >= 15 is 0 Å². The number of rotatable bonds is 6. The normalized spacial score (nSPS) is 23.5. The standard InChI is InChI=1S/C15H27N5O2S/c1-4-23(21)13-7-5-6-12(10-13)19-15(16-3)17-9-8-14-18-11(2)20-22-14/h12-13H,4-10H2,1-3H3,(H2,16,17,19). The van der Waals surface area contributed by atoms with Crippen LogP contribution in [0.3, 0.4) is 0 Å². The molecule has 0 spiro atoms. The summed E-state index contributed by atoms with van der Waals surface area (Å²) in [7, 11) is 1.05. The summed E-state index contributed by atoms with van der Waals surface area (Å²) in [6.07, 6.45) is 4.90. The maximum absolute atomic E-state index is 12.0. The summed E-state index contributed by atoms with van der Waals surface area (Å²) in [6, 6.07) is 0.334. The molecule has 3 unspecified atom stereocenters. The molecule has 0 radical (unpaired) electrons. The second-order valence-corrected chi connectivity index (χ2v) is 7.79. The Bertz CT molecular complexity index is 546. The van der Waals surface area contributed by atoms with Gasteiger partial charge in [0, 0.05) is 47.9 Å². The summed E-state index contributed by atoms with van der Waals surface area (Å²) >= 11 is 0. The van der Waals surface area contributed by atoms with Gasteiger partial charge >= 0.3 is 0 Å². The first kappa shape index (κ1) is 17.9. The van der Waals surface area contributed by atoms with Gasteiger partial charge in [-0.2, -0.15) is 4.98 Å². The molecule has 1 aromatic rings. The highest BCUT2D eigenvalue weighted by molar-refractivity contribution is 7.85. The molecule has 1 aliphatic carbocycles. The first-order valence-electron chi connectivity index (χ1n) is 8.26. The molecule has 130 valence electrons. The van der Waals surface area contributed by atoms with Gasteiger partial charge in [0.25, 0.3) is 0 Å². The van der Waals surface area contributed by atoms with Gasteiger partial charge in [-0.05, 0) is 26.2 Å². The molecule has 0 aromatic carbocycles. The van der Waals surface area contributed by atoms with Crippen LogP contribution >= 0.6 is 0 Å². The van der Waals surface area contributed by atoms with Gasteiger partial charge in [0.1, 0.15) is 0 Å². The highest BCUT2D eigenvalue weighted by Crippen LogP contribution is 2.22. The molecule has 0 saturated heterocycles. The van der Waals surface area contributed by atoms with Gasteiger partial charge in [0.2, 0.25) is 5.89 Å². The van der Waals surface area contributed by atoms with Crippen LogP contribution in [0.4, 0.5) is 0 Å². The fourth-order valence-electron chi connectivity index (χ4n) is 2.87. The number of nitrogens with zero attached hydrogens (tertiary/aromatic N) is 3. The van der Waals surface area contributed by atoms with Gasteiger partial charge in [-0.15, -0.1) is 0 Å². The van der Waals surface area contributed by atoms with Crippen LogP contribution in [0.2, 0.25) is 0 Å². The zero-order valence-corrected chi connectivity index (χ0v) is 15.0. The van der Waals surface area contributed by atoms with E-state index in [0.29, 0.717) is 36.0 Å². The molecule has 2 rings (SSSR count). The molecule has 8 heteroatoms. The number of aryl methyl sites for hydroxylation is 1. The Hall–Kier alpha value is -1.44. The zero-order chi connectivity index (χ0) is 16.7. The fraction of sp³-hybridized carbons (Fsp3) is 0.800. The van der Waals surface area contributed by atoms with Crippen LogP contribution in [-0.2, 0) is 17.2 Å². The van der Waals surface area contributed by atoms with Gasteiger partial charge in [-0.1, -0.05) is 18.5 Å². The van der Waals surface area contributed by atoms with E-state index in [1.165, 1.54) is 0 Å². The van der Waals surface area contributed by atoms with Crippen LogP contribution in [0.5, 0.6) is 0 Å². The van der Waals surface area contributed by atoms with E-state index in [1.807, 2.05) is 6.92 Å². The zero-order valence-electron chi connectivity index (χ0n) is 14.2. The Kier molecular flexibility index (Phi) is 7.01. The number of hydrogen-bond donors (Lipinski definition) is 2. The van der Waals surface area contributed by atoms with Crippen molar-refractivity contribution < 1.29 is 8.73 Å². The van der Waals surface area contributed by atoms with Crippen molar-refractivity contribution in [3.63, 3.8) is 0 Å². The van der Waals surface area contributed by atoms with Crippen LogP contribution in [0.25, 0.3) is 0 Å². The second-order valence-electron chi connectivity index (χ2n) is 5.78. The molecule has 0 amide bonds. The maximum atomic E-state index is 12.0. The van der Waals surface area contributed by atoms with Crippen molar-refractivity contribution in [2.45, 2.75) is 57.2 Å². The molecular formula is C15H27N5O2S. The lowest BCUT2D eigenvalue weighted by Crippen LogP contribution is -2.47. The Morgan fingerprint density at radius 1 is 1.48 bits per heavy atom. The van der Waals surface area contributed by atoms with Gasteiger partial charge in [0.15, 0.2) is 11.8 Å². The van der Waals surface area contributed by atoms with Crippen LogP contribution < -0.4 is 10.6 Å². The van der Waals surface area contributed by atoms with E-state index in [4.69, 9.17) is 4.52 Å². The molecule has 1 fully saturated rings. The van der Waals surface area contributed by atoms with Gasteiger partial charge in [-0.3, -0.25) is 9.20 Å². The monoisotopic (exact) mass is 341 g/mol. The van der Waals surface area contributed by atoms with Crippen LogP contribution in [0, 0.1) is 6.92 Å². The SMILES string of the molecule is CCS(=O)C1CCCC(NC(=NC)NCCc2nc(C)no2)C1. The highest BCUT2D eigenvalue weighted by atomic mass is 32.2. The molecule has 23 heavy (non-hydrogen) atoms. The van der Waals surface area contributed by atoms with Crippen molar-refractivity contribution >= 4 is 16.8 Å². The Balaban J connectivity index is 1.76. The molecular weight excluding hydrogens is 314 g/mol. The van der Waals surface area contributed by atoms with Crippen molar-refractivity contribution in [1.82, 2.24) is 20.8 Å². The summed E-state index contributed by atoms with van der Waals surface area (Å²) in [5.74, 6) is 2.80. The van der Waals surface area contributed by atoms with Crippen molar-refractivity contribution in [3.05, 3.63) is 11.7 Å². The van der Waals surface area contributed by atoms with E-state index in [-0.39, 0.29) is 0 Å². The number of nitrogens with one attached hydrogen (secondary N) is 2. The third kappa shape index (κ3) is 5.60. The summed E-state index contributed by atoms with van der Waals surface area (Å²) in [4.78, 5) is 8.44. The van der Waals surface area contributed by atoms with Crippen molar-refractivity contribution in [3.8, 4) is 0 Å². The predicted molar refractivity (Wildman–Crippen MR) is 92.0 cm³/mol. The molecule has 1 heterocycles. The van der Waals surface area contributed by atoms with Crippen LogP contribution in [-0.4, -0.2) is 50.9 Å². The number of guanidine groups is 1. The quantitative estimate of drug-likeness (QED) is 0.596. The lowest BCUT2D eigenvalue weighted by atomic mass is 9.95. The molecule has 3 atom stereocenters. The number of aliphatic imine (C=N–C) groups is 1. The minimum absolute atomic E-state index is 0.311. The van der Waals surface area contributed by atoms with E-state index in [1.54, 1.807) is 14.0 Å². The summed E-state index contributed by atoms with van der Waals surface area (Å²) in [5, 5.41) is 10.8. The summed E-state index contributed by atoms with van der Waals surface area (Å²) in [5.41, 5.74) is 0. The Morgan fingerprint density at radius 2 is 2.30 bits per heavy atom. The summed E-state index contributed by atoms with van der Waals surface area (Å²) < 4.78 is 17.1. The van der Waals surface area contributed by atoms with E-state index in [2.05, 4.69) is 25.8 Å².